The Kier molecular flexibility index (Phi) is 4.35. The molecule has 1 saturated carbocycles. The lowest BCUT2D eigenvalue weighted by Gasteiger charge is -2.27. The second-order valence-electron chi connectivity index (χ2n) is 6.00. The van der Waals surface area contributed by atoms with Gasteiger partial charge in [0.05, 0.1) is 6.61 Å². The van der Waals surface area contributed by atoms with E-state index in [-0.39, 0.29) is 17.6 Å². The zero-order valence-corrected chi connectivity index (χ0v) is 12.2. The van der Waals surface area contributed by atoms with Crippen LogP contribution in [0.1, 0.15) is 40.0 Å². The highest BCUT2D eigenvalue weighted by Gasteiger charge is 2.41. The molecule has 1 aliphatic carbocycles. The lowest BCUT2D eigenvalue weighted by atomic mass is 9.88. The second-order valence-corrected chi connectivity index (χ2v) is 6.00. The first-order chi connectivity index (χ1) is 9.04. The van der Waals surface area contributed by atoms with Crippen LogP contribution in [0, 0.1) is 5.41 Å². The van der Waals surface area contributed by atoms with Crippen molar-refractivity contribution in [3.8, 4) is 11.5 Å². The SMILES string of the molecule is CCCOc1ccccc1OC1CCC(C)(C)C1N. The largest absolute Gasteiger partial charge is 0.490 e. The van der Waals surface area contributed by atoms with Crippen LogP contribution in [0.2, 0.25) is 0 Å². The van der Waals surface area contributed by atoms with E-state index in [9.17, 15) is 0 Å². The highest BCUT2D eigenvalue weighted by molar-refractivity contribution is 5.39. The van der Waals surface area contributed by atoms with Crippen molar-refractivity contribution < 1.29 is 9.47 Å². The van der Waals surface area contributed by atoms with Crippen LogP contribution in [-0.4, -0.2) is 18.8 Å². The van der Waals surface area contributed by atoms with Crippen LogP contribution in [0.4, 0.5) is 0 Å². The molecule has 0 aliphatic heterocycles. The lowest BCUT2D eigenvalue weighted by Crippen LogP contribution is -2.42. The number of ether oxygens (including phenoxy) is 2. The van der Waals surface area contributed by atoms with E-state index in [0.29, 0.717) is 6.61 Å². The quantitative estimate of drug-likeness (QED) is 0.885. The summed E-state index contributed by atoms with van der Waals surface area (Å²) in [5.74, 6) is 1.63. The summed E-state index contributed by atoms with van der Waals surface area (Å²) in [7, 11) is 0. The van der Waals surface area contributed by atoms with Gasteiger partial charge in [0, 0.05) is 6.04 Å². The molecule has 1 aliphatic rings. The van der Waals surface area contributed by atoms with Gasteiger partial charge >= 0.3 is 0 Å². The minimum atomic E-state index is 0.0757. The van der Waals surface area contributed by atoms with E-state index in [0.717, 1.165) is 30.8 Å². The molecule has 0 aromatic heterocycles. The molecule has 1 fully saturated rings. The molecule has 1 aromatic carbocycles. The van der Waals surface area contributed by atoms with Crippen LogP contribution in [0.5, 0.6) is 11.5 Å². The third kappa shape index (κ3) is 3.21. The Morgan fingerprint density at radius 1 is 1.26 bits per heavy atom. The first-order valence-electron chi connectivity index (χ1n) is 7.18. The van der Waals surface area contributed by atoms with E-state index in [1.165, 1.54) is 0 Å². The van der Waals surface area contributed by atoms with Gasteiger partial charge in [-0.2, -0.15) is 0 Å². The van der Waals surface area contributed by atoms with Crippen molar-refractivity contribution in [3.05, 3.63) is 24.3 Å². The van der Waals surface area contributed by atoms with Gasteiger partial charge in [0.2, 0.25) is 0 Å². The summed E-state index contributed by atoms with van der Waals surface area (Å²) in [4.78, 5) is 0. The third-order valence-corrected chi connectivity index (χ3v) is 3.97. The highest BCUT2D eigenvalue weighted by atomic mass is 16.5. The molecule has 2 atom stereocenters. The highest BCUT2D eigenvalue weighted by Crippen LogP contribution is 2.39. The van der Waals surface area contributed by atoms with Crippen molar-refractivity contribution in [1.29, 1.82) is 0 Å². The molecule has 3 nitrogen and oxygen atoms in total. The first kappa shape index (κ1) is 14.2. The summed E-state index contributed by atoms with van der Waals surface area (Å²) in [5.41, 5.74) is 6.45. The third-order valence-electron chi connectivity index (χ3n) is 3.97. The van der Waals surface area contributed by atoms with Gasteiger partial charge in [-0.25, -0.2) is 0 Å². The molecule has 3 heteroatoms. The summed E-state index contributed by atoms with van der Waals surface area (Å²) >= 11 is 0. The minimum absolute atomic E-state index is 0.0757. The fourth-order valence-corrected chi connectivity index (χ4v) is 2.54. The van der Waals surface area contributed by atoms with Crippen molar-refractivity contribution in [2.45, 2.75) is 52.2 Å². The molecule has 106 valence electrons. The van der Waals surface area contributed by atoms with Gasteiger partial charge in [0.25, 0.3) is 0 Å². The van der Waals surface area contributed by atoms with Crippen LogP contribution in [0.25, 0.3) is 0 Å². The topological polar surface area (TPSA) is 44.5 Å². The molecule has 0 bridgehead atoms. The average molecular weight is 263 g/mol. The Bertz CT molecular complexity index is 417. The number of hydrogen-bond acceptors (Lipinski definition) is 3. The maximum Gasteiger partial charge on any atom is 0.161 e. The van der Waals surface area contributed by atoms with Crippen LogP contribution in [-0.2, 0) is 0 Å². The average Bonchev–Trinajstić information content (AvgIpc) is 2.65. The van der Waals surface area contributed by atoms with Gasteiger partial charge in [-0.15, -0.1) is 0 Å². The summed E-state index contributed by atoms with van der Waals surface area (Å²) in [5, 5.41) is 0. The maximum atomic E-state index is 6.29. The fraction of sp³-hybridized carbons (Fsp3) is 0.625. The first-order valence-corrected chi connectivity index (χ1v) is 7.18. The minimum Gasteiger partial charge on any atom is -0.490 e. The van der Waals surface area contributed by atoms with Gasteiger partial charge in [0.1, 0.15) is 6.10 Å². The van der Waals surface area contributed by atoms with Gasteiger partial charge in [-0.05, 0) is 36.8 Å². The number of rotatable bonds is 5. The summed E-state index contributed by atoms with van der Waals surface area (Å²) < 4.78 is 11.8. The number of hydrogen-bond donors (Lipinski definition) is 1. The molecule has 0 radical (unpaired) electrons. The normalized spacial score (nSPS) is 25.3. The molecule has 1 aromatic rings. The molecule has 0 spiro atoms. The monoisotopic (exact) mass is 263 g/mol. The summed E-state index contributed by atoms with van der Waals surface area (Å²) in [6, 6.07) is 7.93. The van der Waals surface area contributed by atoms with Gasteiger partial charge in [-0.3, -0.25) is 0 Å². The zero-order valence-electron chi connectivity index (χ0n) is 12.2. The number of benzene rings is 1. The summed E-state index contributed by atoms with van der Waals surface area (Å²) in [6.45, 7) is 7.22. The van der Waals surface area contributed by atoms with Crippen molar-refractivity contribution >= 4 is 0 Å². The molecule has 2 N–H and O–H groups in total. The standard InChI is InChI=1S/C16H25NO2/c1-4-11-18-12-7-5-6-8-13(12)19-14-9-10-16(2,3)15(14)17/h5-8,14-15H,4,9-11,17H2,1-3H3. The van der Waals surface area contributed by atoms with Gasteiger partial charge in [-0.1, -0.05) is 32.9 Å². The Labute approximate surface area is 116 Å². The number of para-hydroxylation sites is 2. The van der Waals surface area contributed by atoms with Crippen LogP contribution in [0.15, 0.2) is 24.3 Å². The Morgan fingerprint density at radius 2 is 1.95 bits per heavy atom. The van der Waals surface area contributed by atoms with E-state index < -0.39 is 0 Å². The molecular weight excluding hydrogens is 238 g/mol. The van der Waals surface area contributed by atoms with Crippen LogP contribution >= 0.6 is 0 Å². The van der Waals surface area contributed by atoms with E-state index in [4.69, 9.17) is 15.2 Å². The van der Waals surface area contributed by atoms with Crippen molar-refractivity contribution in [3.63, 3.8) is 0 Å². The van der Waals surface area contributed by atoms with Crippen molar-refractivity contribution in [2.75, 3.05) is 6.61 Å². The van der Waals surface area contributed by atoms with E-state index >= 15 is 0 Å². The van der Waals surface area contributed by atoms with Gasteiger partial charge < -0.3 is 15.2 Å². The Morgan fingerprint density at radius 3 is 2.53 bits per heavy atom. The molecule has 0 heterocycles. The van der Waals surface area contributed by atoms with Crippen LogP contribution in [0.3, 0.4) is 0 Å². The fourth-order valence-electron chi connectivity index (χ4n) is 2.54. The van der Waals surface area contributed by atoms with Crippen LogP contribution < -0.4 is 15.2 Å². The predicted molar refractivity (Wildman–Crippen MR) is 77.6 cm³/mol. The smallest absolute Gasteiger partial charge is 0.161 e. The number of nitrogens with two attached hydrogens (primary N) is 1. The summed E-state index contributed by atoms with van der Waals surface area (Å²) in [6.07, 6.45) is 3.19. The molecule has 0 amide bonds. The maximum absolute atomic E-state index is 6.29. The van der Waals surface area contributed by atoms with Gasteiger partial charge in [0.15, 0.2) is 11.5 Å². The molecule has 19 heavy (non-hydrogen) atoms. The zero-order chi connectivity index (χ0) is 13.9. The molecule has 2 rings (SSSR count). The Hall–Kier alpha value is -1.22. The van der Waals surface area contributed by atoms with E-state index in [1.54, 1.807) is 0 Å². The predicted octanol–water partition coefficient (Wildman–Crippen LogP) is 3.37. The second kappa shape index (κ2) is 5.83. The molecule has 0 saturated heterocycles. The lowest BCUT2D eigenvalue weighted by molar-refractivity contribution is 0.156. The van der Waals surface area contributed by atoms with Crippen molar-refractivity contribution in [1.82, 2.24) is 0 Å². The van der Waals surface area contributed by atoms with E-state index in [2.05, 4.69) is 20.8 Å². The van der Waals surface area contributed by atoms with Crippen molar-refractivity contribution in [2.24, 2.45) is 11.1 Å². The molecule has 2 unspecified atom stereocenters. The Balaban J connectivity index is 2.07. The van der Waals surface area contributed by atoms with E-state index in [1.807, 2.05) is 24.3 Å². The molecular formula is C16H25NO2.